The van der Waals surface area contributed by atoms with Crippen LogP contribution in [-0.2, 0) is 0 Å². The Balaban J connectivity index is 2.21. The number of thiophene rings is 1. The molecule has 2 N–H and O–H groups in total. The number of likely N-dealkylation sites (N-methyl/N-ethyl adjacent to an activating group) is 1. The van der Waals surface area contributed by atoms with Crippen LogP contribution in [0.15, 0.2) is 6.07 Å². The van der Waals surface area contributed by atoms with Gasteiger partial charge in [0.1, 0.15) is 10.9 Å². The van der Waals surface area contributed by atoms with Crippen molar-refractivity contribution in [3.63, 3.8) is 0 Å². The molecule has 1 aliphatic heterocycles. The molecule has 1 unspecified atom stereocenters. The van der Waals surface area contributed by atoms with Gasteiger partial charge in [0.05, 0.1) is 10.7 Å². The summed E-state index contributed by atoms with van der Waals surface area (Å²) in [7, 11) is 2.14. The lowest BCUT2D eigenvalue weighted by Crippen LogP contribution is -2.50. The maximum atomic E-state index is 8.89. The molecule has 1 atom stereocenters. The molecule has 2 rings (SSSR count). The summed E-state index contributed by atoms with van der Waals surface area (Å²) in [4.78, 5) is 5.28. The number of nitriles is 1. The zero-order valence-electron chi connectivity index (χ0n) is 9.60. The summed E-state index contributed by atoms with van der Waals surface area (Å²) in [6.07, 6.45) is 0. The summed E-state index contributed by atoms with van der Waals surface area (Å²) in [5.74, 6) is 0. The Morgan fingerprint density at radius 2 is 2.31 bits per heavy atom. The topological polar surface area (TPSA) is 56.3 Å². The van der Waals surface area contributed by atoms with Crippen molar-refractivity contribution in [3.8, 4) is 6.07 Å². The molecule has 16 heavy (non-hydrogen) atoms. The summed E-state index contributed by atoms with van der Waals surface area (Å²) in [5, 5.41) is 10.0. The van der Waals surface area contributed by atoms with Crippen LogP contribution in [0.4, 0.5) is 10.7 Å². The first-order valence-corrected chi connectivity index (χ1v) is 6.18. The molecule has 0 amide bonds. The Bertz CT molecular complexity index is 420. The third-order valence-electron chi connectivity index (χ3n) is 2.96. The molecule has 0 saturated carbocycles. The largest absolute Gasteiger partial charge is 0.397 e. The molecule has 1 aliphatic rings. The summed E-state index contributed by atoms with van der Waals surface area (Å²) < 4.78 is 0. The Hall–Kier alpha value is -1.25. The van der Waals surface area contributed by atoms with E-state index in [2.05, 4.69) is 29.8 Å². The van der Waals surface area contributed by atoms with Gasteiger partial charge in [-0.2, -0.15) is 5.26 Å². The van der Waals surface area contributed by atoms with Gasteiger partial charge in [-0.3, -0.25) is 0 Å². The summed E-state index contributed by atoms with van der Waals surface area (Å²) in [5.41, 5.74) is 6.39. The quantitative estimate of drug-likeness (QED) is 0.799. The predicted octanol–water partition coefficient (Wildman–Crippen LogP) is 1.34. The van der Waals surface area contributed by atoms with Gasteiger partial charge in [-0.05, 0) is 20.0 Å². The van der Waals surface area contributed by atoms with Gasteiger partial charge >= 0.3 is 0 Å². The van der Waals surface area contributed by atoms with Gasteiger partial charge in [-0.25, -0.2) is 0 Å². The molecule has 0 aromatic carbocycles. The number of rotatable bonds is 1. The second-order valence-corrected chi connectivity index (χ2v) is 5.32. The van der Waals surface area contributed by atoms with Crippen LogP contribution in [-0.4, -0.2) is 37.6 Å². The highest BCUT2D eigenvalue weighted by molar-refractivity contribution is 7.17. The second kappa shape index (κ2) is 4.32. The minimum atomic E-state index is 0.475. The Labute approximate surface area is 99.9 Å². The highest BCUT2D eigenvalue weighted by atomic mass is 32.1. The van der Waals surface area contributed by atoms with Crippen molar-refractivity contribution in [3.05, 3.63) is 10.9 Å². The molecular weight excluding hydrogens is 220 g/mol. The lowest BCUT2D eigenvalue weighted by molar-refractivity contribution is 0.276. The van der Waals surface area contributed by atoms with Gasteiger partial charge in [-0.1, -0.05) is 0 Å². The van der Waals surface area contributed by atoms with E-state index in [-0.39, 0.29) is 0 Å². The number of hydrogen-bond donors (Lipinski definition) is 1. The number of nitrogens with two attached hydrogens (primary N) is 1. The average molecular weight is 236 g/mol. The molecule has 86 valence electrons. The van der Waals surface area contributed by atoms with Crippen LogP contribution in [0.5, 0.6) is 0 Å². The normalized spacial score (nSPS) is 22.1. The first kappa shape index (κ1) is 11.2. The number of nitrogen functional groups attached to an aromatic ring is 1. The fourth-order valence-electron chi connectivity index (χ4n) is 2.09. The Kier molecular flexibility index (Phi) is 3.03. The zero-order valence-corrected chi connectivity index (χ0v) is 10.4. The van der Waals surface area contributed by atoms with E-state index in [0.717, 1.165) is 24.6 Å². The summed E-state index contributed by atoms with van der Waals surface area (Å²) >= 11 is 1.49. The molecule has 1 saturated heterocycles. The van der Waals surface area contributed by atoms with Crippen LogP contribution in [0.2, 0.25) is 0 Å². The number of piperazine rings is 1. The molecule has 1 aromatic rings. The van der Waals surface area contributed by atoms with E-state index < -0.39 is 0 Å². The van der Waals surface area contributed by atoms with E-state index >= 15 is 0 Å². The van der Waals surface area contributed by atoms with E-state index in [0.29, 0.717) is 16.6 Å². The standard InChI is InChI=1S/C11H16N4S/c1-8-7-14(2)3-4-15(8)11-5-9(13)10(6-12)16-11/h5,8H,3-4,7,13H2,1-2H3. The van der Waals surface area contributed by atoms with Crippen molar-refractivity contribution in [1.82, 2.24) is 4.90 Å². The fraction of sp³-hybridized carbons (Fsp3) is 0.545. The molecule has 4 nitrogen and oxygen atoms in total. The maximum Gasteiger partial charge on any atom is 0.129 e. The van der Waals surface area contributed by atoms with Crippen molar-refractivity contribution < 1.29 is 0 Å². The Morgan fingerprint density at radius 1 is 1.56 bits per heavy atom. The number of anilines is 2. The van der Waals surface area contributed by atoms with Crippen LogP contribution in [0.25, 0.3) is 0 Å². The van der Waals surface area contributed by atoms with Crippen molar-refractivity contribution >= 4 is 22.0 Å². The monoisotopic (exact) mass is 236 g/mol. The van der Waals surface area contributed by atoms with Crippen molar-refractivity contribution in [1.29, 1.82) is 5.26 Å². The van der Waals surface area contributed by atoms with Gasteiger partial charge in [0, 0.05) is 25.7 Å². The molecule has 1 fully saturated rings. The van der Waals surface area contributed by atoms with Crippen molar-refractivity contribution in [2.45, 2.75) is 13.0 Å². The molecule has 0 radical (unpaired) electrons. The van der Waals surface area contributed by atoms with Gasteiger partial charge in [0.2, 0.25) is 0 Å². The molecule has 0 spiro atoms. The molecule has 0 bridgehead atoms. The molecule has 0 aliphatic carbocycles. The van der Waals surface area contributed by atoms with Gasteiger partial charge in [0.25, 0.3) is 0 Å². The van der Waals surface area contributed by atoms with E-state index in [9.17, 15) is 0 Å². The van der Waals surface area contributed by atoms with Crippen molar-refractivity contribution in [2.24, 2.45) is 0 Å². The predicted molar refractivity (Wildman–Crippen MR) is 67.8 cm³/mol. The summed E-state index contributed by atoms with van der Waals surface area (Å²) in [6.45, 7) is 5.32. The second-order valence-electron chi connectivity index (χ2n) is 4.29. The first-order chi connectivity index (χ1) is 7.61. The lowest BCUT2D eigenvalue weighted by atomic mass is 10.2. The van der Waals surface area contributed by atoms with Gasteiger partial charge in [0.15, 0.2) is 0 Å². The number of nitrogens with zero attached hydrogens (tertiary/aromatic N) is 3. The van der Waals surface area contributed by atoms with Crippen LogP contribution >= 0.6 is 11.3 Å². The number of hydrogen-bond acceptors (Lipinski definition) is 5. The molecular formula is C11H16N4S. The van der Waals surface area contributed by atoms with E-state index in [1.165, 1.54) is 11.3 Å². The van der Waals surface area contributed by atoms with Gasteiger partial charge < -0.3 is 15.5 Å². The van der Waals surface area contributed by atoms with Crippen molar-refractivity contribution in [2.75, 3.05) is 37.3 Å². The molecule has 1 aromatic heterocycles. The third-order valence-corrected chi connectivity index (χ3v) is 4.06. The first-order valence-electron chi connectivity index (χ1n) is 5.36. The smallest absolute Gasteiger partial charge is 0.129 e. The lowest BCUT2D eigenvalue weighted by Gasteiger charge is -2.38. The molecule has 2 heterocycles. The Morgan fingerprint density at radius 3 is 2.88 bits per heavy atom. The third kappa shape index (κ3) is 1.99. The summed E-state index contributed by atoms with van der Waals surface area (Å²) in [6, 6.07) is 4.53. The highest BCUT2D eigenvalue weighted by Crippen LogP contribution is 2.33. The maximum absolute atomic E-state index is 8.89. The van der Waals surface area contributed by atoms with Crippen LogP contribution in [0.3, 0.4) is 0 Å². The van der Waals surface area contributed by atoms with Gasteiger partial charge in [-0.15, -0.1) is 11.3 Å². The van der Waals surface area contributed by atoms with Crippen LogP contribution in [0, 0.1) is 11.3 Å². The minimum absolute atomic E-state index is 0.475. The average Bonchev–Trinajstić information content (AvgIpc) is 2.59. The van der Waals surface area contributed by atoms with E-state index in [1.807, 2.05) is 6.07 Å². The fourth-order valence-corrected chi connectivity index (χ4v) is 3.09. The van der Waals surface area contributed by atoms with Crippen LogP contribution < -0.4 is 10.6 Å². The molecule has 5 heteroatoms. The SMILES string of the molecule is CC1CN(C)CCN1c1cc(N)c(C#N)s1. The highest BCUT2D eigenvalue weighted by Gasteiger charge is 2.23. The van der Waals surface area contributed by atoms with E-state index in [1.54, 1.807) is 0 Å². The zero-order chi connectivity index (χ0) is 11.7. The van der Waals surface area contributed by atoms with Crippen LogP contribution in [0.1, 0.15) is 11.8 Å². The van der Waals surface area contributed by atoms with E-state index in [4.69, 9.17) is 11.0 Å². The minimum Gasteiger partial charge on any atom is -0.397 e.